The number of carbonyl (C=O) groups is 1. The molecule has 2 aliphatic rings. The Morgan fingerprint density at radius 1 is 1.17 bits per heavy atom. The monoisotopic (exact) mass is 317 g/mol. The van der Waals surface area contributed by atoms with Gasteiger partial charge in [0.05, 0.1) is 12.7 Å². The summed E-state index contributed by atoms with van der Waals surface area (Å²) in [6.07, 6.45) is 1.93. The molecule has 5 heteroatoms. The zero-order valence-corrected chi connectivity index (χ0v) is 13.5. The largest absolute Gasteiger partial charge is 0.491 e. The molecule has 0 unspecified atom stereocenters. The second kappa shape index (κ2) is 7.51. The van der Waals surface area contributed by atoms with E-state index in [0.717, 1.165) is 12.8 Å². The van der Waals surface area contributed by atoms with E-state index in [1.165, 1.54) is 5.56 Å². The first-order valence-corrected chi connectivity index (χ1v) is 8.15. The van der Waals surface area contributed by atoms with E-state index in [9.17, 15) is 4.79 Å². The second-order valence-electron chi connectivity index (χ2n) is 5.85. The normalized spacial score (nSPS) is 21.6. The van der Waals surface area contributed by atoms with Gasteiger partial charge in [0.1, 0.15) is 19.0 Å². The standard InChI is InChI=1S/C18H23NO4/c1-14-17(23-12-11-21-14)18(20)19-9-10-22-16(13-19)8-7-15-5-3-2-4-6-15/h2-6,16H,7-13H2,1H3/t16-/m0/s1. The van der Waals surface area contributed by atoms with Crippen molar-refractivity contribution in [1.82, 2.24) is 4.90 Å². The fraction of sp³-hybridized carbons (Fsp3) is 0.500. The average Bonchev–Trinajstić information content (AvgIpc) is 2.61. The van der Waals surface area contributed by atoms with E-state index < -0.39 is 0 Å². The van der Waals surface area contributed by atoms with Crippen molar-refractivity contribution in [2.75, 3.05) is 32.9 Å². The summed E-state index contributed by atoms with van der Waals surface area (Å²) in [7, 11) is 0. The molecule has 1 fully saturated rings. The summed E-state index contributed by atoms with van der Waals surface area (Å²) in [5.74, 6) is 0.837. The van der Waals surface area contributed by atoms with Crippen LogP contribution in [0.15, 0.2) is 41.9 Å². The number of amides is 1. The van der Waals surface area contributed by atoms with Crippen molar-refractivity contribution in [3.05, 3.63) is 47.4 Å². The van der Waals surface area contributed by atoms with Gasteiger partial charge in [-0.25, -0.2) is 0 Å². The summed E-state index contributed by atoms with van der Waals surface area (Å²) in [6.45, 7) is 4.48. The van der Waals surface area contributed by atoms with Crippen LogP contribution < -0.4 is 0 Å². The quantitative estimate of drug-likeness (QED) is 0.853. The topological polar surface area (TPSA) is 48.0 Å². The van der Waals surface area contributed by atoms with E-state index in [2.05, 4.69) is 12.1 Å². The number of aryl methyl sites for hydroxylation is 1. The lowest BCUT2D eigenvalue weighted by atomic mass is 10.1. The minimum atomic E-state index is -0.0878. The number of ether oxygens (including phenoxy) is 3. The van der Waals surface area contributed by atoms with Crippen molar-refractivity contribution in [2.24, 2.45) is 0 Å². The maximum absolute atomic E-state index is 12.6. The maximum atomic E-state index is 12.6. The first-order chi connectivity index (χ1) is 11.2. The van der Waals surface area contributed by atoms with Gasteiger partial charge in [0.2, 0.25) is 5.76 Å². The maximum Gasteiger partial charge on any atom is 0.292 e. The van der Waals surface area contributed by atoms with Crippen LogP contribution >= 0.6 is 0 Å². The van der Waals surface area contributed by atoms with Gasteiger partial charge in [-0.2, -0.15) is 0 Å². The molecule has 2 aliphatic heterocycles. The molecule has 3 rings (SSSR count). The predicted molar refractivity (Wildman–Crippen MR) is 85.7 cm³/mol. The molecule has 0 N–H and O–H groups in total. The summed E-state index contributed by atoms with van der Waals surface area (Å²) < 4.78 is 16.7. The Bertz CT molecular complexity index is 570. The molecule has 5 nitrogen and oxygen atoms in total. The van der Waals surface area contributed by atoms with Gasteiger partial charge in [0.15, 0.2) is 0 Å². The van der Waals surface area contributed by atoms with E-state index in [0.29, 0.717) is 44.4 Å². The molecule has 1 atom stereocenters. The number of hydrogen-bond acceptors (Lipinski definition) is 4. The third-order valence-corrected chi connectivity index (χ3v) is 4.19. The van der Waals surface area contributed by atoms with Gasteiger partial charge < -0.3 is 19.1 Å². The van der Waals surface area contributed by atoms with E-state index in [1.807, 2.05) is 23.1 Å². The highest BCUT2D eigenvalue weighted by atomic mass is 16.6. The second-order valence-corrected chi connectivity index (χ2v) is 5.85. The van der Waals surface area contributed by atoms with Crippen LogP contribution in [0.3, 0.4) is 0 Å². The first-order valence-electron chi connectivity index (χ1n) is 8.15. The molecule has 0 bridgehead atoms. The lowest BCUT2D eigenvalue weighted by Crippen LogP contribution is -2.47. The molecule has 1 aromatic carbocycles. The van der Waals surface area contributed by atoms with Gasteiger partial charge in [-0.3, -0.25) is 4.79 Å². The van der Waals surface area contributed by atoms with Crippen LogP contribution in [0.25, 0.3) is 0 Å². The summed E-state index contributed by atoms with van der Waals surface area (Å²) in [5, 5.41) is 0. The lowest BCUT2D eigenvalue weighted by molar-refractivity contribution is -0.140. The highest BCUT2D eigenvalue weighted by Gasteiger charge is 2.29. The number of nitrogens with zero attached hydrogens (tertiary/aromatic N) is 1. The fourth-order valence-electron chi connectivity index (χ4n) is 2.91. The predicted octanol–water partition coefficient (Wildman–Crippen LogP) is 2.12. The molecular formula is C18H23NO4. The number of allylic oxidation sites excluding steroid dienone is 1. The van der Waals surface area contributed by atoms with Gasteiger partial charge in [0.25, 0.3) is 5.91 Å². The lowest BCUT2D eigenvalue weighted by Gasteiger charge is -2.34. The molecule has 1 amide bonds. The smallest absolute Gasteiger partial charge is 0.292 e. The molecule has 0 aromatic heterocycles. The Labute approximate surface area is 136 Å². The Morgan fingerprint density at radius 2 is 1.96 bits per heavy atom. The number of benzene rings is 1. The Kier molecular flexibility index (Phi) is 5.18. The SMILES string of the molecule is CC1=C(C(=O)N2CCO[C@@H](CCc3ccccc3)C2)OCCO1. The van der Waals surface area contributed by atoms with Crippen molar-refractivity contribution in [2.45, 2.75) is 25.9 Å². The fourth-order valence-corrected chi connectivity index (χ4v) is 2.91. The van der Waals surface area contributed by atoms with E-state index in [4.69, 9.17) is 14.2 Å². The van der Waals surface area contributed by atoms with E-state index >= 15 is 0 Å². The highest BCUT2D eigenvalue weighted by Crippen LogP contribution is 2.19. The van der Waals surface area contributed by atoms with Crippen molar-refractivity contribution in [1.29, 1.82) is 0 Å². The molecular weight excluding hydrogens is 294 g/mol. The zero-order valence-electron chi connectivity index (χ0n) is 13.5. The third kappa shape index (κ3) is 4.05. The summed E-state index contributed by atoms with van der Waals surface area (Å²) >= 11 is 0. The van der Waals surface area contributed by atoms with Crippen molar-refractivity contribution in [3.63, 3.8) is 0 Å². The van der Waals surface area contributed by atoms with Crippen molar-refractivity contribution >= 4 is 5.91 Å². The van der Waals surface area contributed by atoms with Crippen molar-refractivity contribution < 1.29 is 19.0 Å². The average molecular weight is 317 g/mol. The van der Waals surface area contributed by atoms with Crippen LogP contribution in [0, 0.1) is 0 Å². The first kappa shape index (κ1) is 15.9. The minimum Gasteiger partial charge on any atom is -0.491 e. The van der Waals surface area contributed by atoms with Gasteiger partial charge in [-0.05, 0) is 25.3 Å². The van der Waals surface area contributed by atoms with Crippen LogP contribution in [0.5, 0.6) is 0 Å². The van der Waals surface area contributed by atoms with Gasteiger partial charge in [0, 0.05) is 13.1 Å². The Balaban J connectivity index is 1.56. The number of rotatable bonds is 4. The van der Waals surface area contributed by atoms with Crippen LogP contribution in [-0.4, -0.2) is 49.8 Å². The van der Waals surface area contributed by atoms with Gasteiger partial charge in [-0.1, -0.05) is 30.3 Å². The van der Waals surface area contributed by atoms with Crippen LogP contribution in [0.2, 0.25) is 0 Å². The van der Waals surface area contributed by atoms with Crippen molar-refractivity contribution in [3.8, 4) is 0 Å². The highest BCUT2D eigenvalue weighted by molar-refractivity contribution is 5.92. The van der Waals surface area contributed by atoms with E-state index in [1.54, 1.807) is 6.92 Å². The molecule has 0 spiro atoms. The van der Waals surface area contributed by atoms with Crippen LogP contribution in [-0.2, 0) is 25.4 Å². The molecule has 2 heterocycles. The molecule has 23 heavy (non-hydrogen) atoms. The van der Waals surface area contributed by atoms with Crippen LogP contribution in [0.1, 0.15) is 18.9 Å². The molecule has 1 aromatic rings. The van der Waals surface area contributed by atoms with Crippen LogP contribution in [0.4, 0.5) is 0 Å². The Morgan fingerprint density at radius 3 is 2.74 bits per heavy atom. The molecule has 1 saturated heterocycles. The van der Waals surface area contributed by atoms with Gasteiger partial charge >= 0.3 is 0 Å². The summed E-state index contributed by atoms with van der Waals surface area (Å²) in [4.78, 5) is 14.4. The third-order valence-electron chi connectivity index (χ3n) is 4.19. The van der Waals surface area contributed by atoms with E-state index in [-0.39, 0.29) is 12.0 Å². The molecule has 124 valence electrons. The number of hydrogen-bond donors (Lipinski definition) is 0. The minimum absolute atomic E-state index is 0.0679. The van der Waals surface area contributed by atoms with Gasteiger partial charge in [-0.15, -0.1) is 0 Å². The number of carbonyl (C=O) groups excluding carboxylic acids is 1. The summed E-state index contributed by atoms with van der Waals surface area (Å²) in [5.41, 5.74) is 1.29. The molecule has 0 saturated carbocycles. The summed E-state index contributed by atoms with van der Waals surface area (Å²) in [6, 6.07) is 10.3. The Hall–Kier alpha value is -2.01. The number of morpholine rings is 1. The zero-order chi connectivity index (χ0) is 16.1. The molecule has 0 radical (unpaired) electrons. The molecule has 0 aliphatic carbocycles.